The van der Waals surface area contributed by atoms with Crippen LogP contribution < -0.4 is 0 Å². The number of carbonyl (C=O) groups excluding carboxylic acids is 1. The Morgan fingerprint density at radius 3 is 2.67 bits per heavy atom. The van der Waals surface area contributed by atoms with E-state index in [1.54, 1.807) is 18.3 Å². The maximum atomic E-state index is 12.5. The van der Waals surface area contributed by atoms with E-state index in [2.05, 4.69) is 26.4 Å². The summed E-state index contributed by atoms with van der Waals surface area (Å²) in [6, 6.07) is 7.55. The van der Waals surface area contributed by atoms with Crippen molar-refractivity contribution >= 4 is 5.91 Å². The number of piperidine rings is 1. The Balaban J connectivity index is 1.47. The number of hydrogen-bond donors (Lipinski definition) is 0. The molecule has 0 atom stereocenters. The van der Waals surface area contributed by atoms with Crippen molar-refractivity contribution in [3.8, 4) is 11.1 Å². The summed E-state index contributed by atoms with van der Waals surface area (Å²) in [6.45, 7) is 5.25. The molecule has 4 heterocycles. The van der Waals surface area contributed by atoms with Gasteiger partial charge in [-0.05, 0) is 56.5 Å². The highest BCUT2D eigenvalue weighted by molar-refractivity contribution is 5.92. The van der Waals surface area contributed by atoms with Crippen molar-refractivity contribution in [1.82, 2.24) is 25.2 Å². The van der Waals surface area contributed by atoms with E-state index in [0.717, 1.165) is 41.1 Å². The molecule has 0 bridgehead atoms. The van der Waals surface area contributed by atoms with Crippen LogP contribution >= 0.6 is 0 Å². The summed E-state index contributed by atoms with van der Waals surface area (Å²) in [5.74, 6) is 1.09. The zero-order chi connectivity index (χ0) is 18.8. The van der Waals surface area contributed by atoms with Crippen molar-refractivity contribution in [2.45, 2.75) is 32.6 Å². The average molecular weight is 363 g/mol. The third-order valence-electron chi connectivity index (χ3n) is 5.09. The third kappa shape index (κ3) is 3.45. The molecule has 27 heavy (non-hydrogen) atoms. The van der Waals surface area contributed by atoms with Crippen molar-refractivity contribution < 1.29 is 9.32 Å². The number of amides is 1. The molecule has 0 unspecified atom stereocenters. The molecule has 7 nitrogen and oxygen atoms in total. The molecule has 1 aliphatic heterocycles. The molecule has 1 fully saturated rings. The van der Waals surface area contributed by atoms with Crippen LogP contribution in [-0.4, -0.2) is 44.2 Å². The molecule has 138 valence electrons. The number of pyridine rings is 1. The Morgan fingerprint density at radius 1 is 1.19 bits per heavy atom. The summed E-state index contributed by atoms with van der Waals surface area (Å²) >= 11 is 0. The molecule has 1 saturated heterocycles. The van der Waals surface area contributed by atoms with Crippen LogP contribution in [0.15, 0.2) is 41.2 Å². The molecule has 0 spiro atoms. The van der Waals surface area contributed by atoms with Crippen LogP contribution in [0.4, 0.5) is 0 Å². The van der Waals surface area contributed by atoms with E-state index < -0.39 is 0 Å². The maximum absolute atomic E-state index is 12.5. The third-order valence-corrected chi connectivity index (χ3v) is 5.09. The summed E-state index contributed by atoms with van der Waals surface area (Å²) in [6.07, 6.45) is 5.17. The minimum atomic E-state index is -0.0565. The zero-order valence-electron chi connectivity index (χ0n) is 15.4. The fourth-order valence-corrected chi connectivity index (χ4v) is 3.68. The van der Waals surface area contributed by atoms with Crippen molar-refractivity contribution in [2.24, 2.45) is 0 Å². The molecule has 0 aromatic carbocycles. The van der Waals surface area contributed by atoms with Gasteiger partial charge in [-0.3, -0.25) is 9.78 Å². The summed E-state index contributed by atoms with van der Waals surface area (Å²) in [7, 11) is 0. The predicted molar refractivity (Wildman–Crippen MR) is 99.1 cm³/mol. The molecule has 0 aliphatic carbocycles. The first-order valence-corrected chi connectivity index (χ1v) is 9.09. The fraction of sp³-hybridized carbons (Fsp3) is 0.350. The molecule has 0 saturated carbocycles. The number of likely N-dealkylation sites (tertiary alicyclic amines) is 1. The Bertz CT molecular complexity index is 927. The number of rotatable bonds is 3. The van der Waals surface area contributed by atoms with Gasteiger partial charge in [-0.1, -0.05) is 5.16 Å². The summed E-state index contributed by atoms with van der Waals surface area (Å²) in [4.78, 5) is 18.9. The largest absolute Gasteiger partial charge is 0.361 e. The molecule has 3 aromatic rings. The Hall–Kier alpha value is -3.09. The van der Waals surface area contributed by atoms with Gasteiger partial charge in [0.25, 0.3) is 5.91 Å². The van der Waals surface area contributed by atoms with E-state index >= 15 is 0 Å². The molecular weight excluding hydrogens is 342 g/mol. The zero-order valence-corrected chi connectivity index (χ0v) is 15.4. The summed E-state index contributed by atoms with van der Waals surface area (Å²) in [5, 5.41) is 11.8. The lowest BCUT2D eigenvalue weighted by Crippen LogP contribution is -2.38. The van der Waals surface area contributed by atoms with E-state index in [0.29, 0.717) is 24.7 Å². The first-order valence-electron chi connectivity index (χ1n) is 9.09. The monoisotopic (exact) mass is 363 g/mol. The first-order chi connectivity index (χ1) is 13.1. The first kappa shape index (κ1) is 17.3. The lowest BCUT2D eigenvalue weighted by molar-refractivity contribution is 0.0705. The molecule has 1 amide bonds. The quantitative estimate of drug-likeness (QED) is 0.710. The van der Waals surface area contributed by atoms with Gasteiger partial charge in [0, 0.05) is 42.7 Å². The standard InChI is InChI=1S/C20H21N5O2/c1-13-19(14(2)27-24-13)16-5-9-21-18(12-16)15-6-10-25(11-7-15)20(26)17-4-3-8-22-23-17/h3-5,8-9,12,15H,6-7,10-11H2,1-2H3. The predicted octanol–water partition coefficient (Wildman–Crippen LogP) is 3.16. The van der Waals surface area contributed by atoms with E-state index in [9.17, 15) is 4.79 Å². The minimum Gasteiger partial charge on any atom is -0.361 e. The smallest absolute Gasteiger partial charge is 0.274 e. The SMILES string of the molecule is Cc1noc(C)c1-c1ccnc(C2CCN(C(=O)c3cccnn3)CC2)c1. The van der Waals surface area contributed by atoms with Crippen molar-refractivity contribution in [1.29, 1.82) is 0 Å². The Labute approximate surface area is 157 Å². The van der Waals surface area contributed by atoms with Gasteiger partial charge in [0.05, 0.1) is 5.69 Å². The van der Waals surface area contributed by atoms with Crippen LogP contribution in [0.1, 0.15) is 46.4 Å². The minimum absolute atomic E-state index is 0.0565. The Morgan fingerprint density at radius 2 is 2.00 bits per heavy atom. The molecule has 1 aliphatic rings. The normalized spacial score (nSPS) is 15.1. The highest BCUT2D eigenvalue weighted by Crippen LogP contribution is 2.32. The van der Waals surface area contributed by atoms with Crippen molar-refractivity contribution in [3.05, 3.63) is 59.5 Å². The lowest BCUT2D eigenvalue weighted by atomic mass is 9.91. The van der Waals surface area contributed by atoms with Crippen LogP contribution in [0, 0.1) is 13.8 Å². The van der Waals surface area contributed by atoms with E-state index in [4.69, 9.17) is 4.52 Å². The van der Waals surface area contributed by atoms with Crippen molar-refractivity contribution in [3.63, 3.8) is 0 Å². The van der Waals surface area contributed by atoms with Gasteiger partial charge in [-0.15, -0.1) is 5.10 Å². The number of hydrogen-bond acceptors (Lipinski definition) is 6. The van der Waals surface area contributed by atoms with Crippen LogP contribution in [0.2, 0.25) is 0 Å². The highest BCUT2D eigenvalue weighted by Gasteiger charge is 2.26. The van der Waals surface area contributed by atoms with Crippen LogP contribution in [-0.2, 0) is 0 Å². The second-order valence-electron chi connectivity index (χ2n) is 6.84. The number of nitrogens with zero attached hydrogens (tertiary/aromatic N) is 5. The summed E-state index contributed by atoms with van der Waals surface area (Å²) in [5.41, 5.74) is 4.45. The fourth-order valence-electron chi connectivity index (χ4n) is 3.68. The summed E-state index contributed by atoms with van der Waals surface area (Å²) < 4.78 is 5.29. The van der Waals surface area contributed by atoms with Crippen LogP contribution in [0.3, 0.4) is 0 Å². The van der Waals surface area contributed by atoms with Gasteiger partial charge in [0.1, 0.15) is 5.76 Å². The van der Waals surface area contributed by atoms with Crippen molar-refractivity contribution in [2.75, 3.05) is 13.1 Å². The van der Waals surface area contributed by atoms with Gasteiger partial charge in [-0.25, -0.2) is 0 Å². The maximum Gasteiger partial charge on any atom is 0.274 e. The molecule has 7 heteroatoms. The molecular formula is C20H21N5O2. The molecule has 0 radical (unpaired) electrons. The van der Waals surface area contributed by atoms with Crippen LogP contribution in [0.5, 0.6) is 0 Å². The number of aryl methyl sites for hydroxylation is 2. The van der Waals surface area contributed by atoms with Gasteiger partial charge in [-0.2, -0.15) is 5.10 Å². The van der Waals surface area contributed by atoms with E-state index in [1.807, 2.05) is 31.0 Å². The second kappa shape index (κ2) is 7.26. The average Bonchev–Trinajstić information content (AvgIpc) is 3.06. The highest BCUT2D eigenvalue weighted by atomic mass is 16.5. The van der Waals surface area contributed by atoms with Gasteiger partial charge in [0.2, 0.25) is 0 Å². The molecule has 4 rings (SSSR count). The second-order valence-corrected chi connectivity index (χ2v) is 6.84. The van der Waals surface area contributed by atoms with Crippen LogP contribution in [0.25, 0.3) is 11.1 Å². The van der Waals surface area contributed by atoms with E-state index in [-0.39, 0.29) is 5.91 Å². The van der Waals surface area contributed by atoms with Gasteiger partial charge >= 0.3 is 0 Å². The number of carbonyl (C=O) groups is 1. The van der Waals surface area contributed by atoms with E-state index in [1.165, 1.54) is 0 Å². The lowest BCUT2D eigenvalue weighted by Gasteiger charge is -2.31. The van der Waals surface area contributed by atoms with Gasteiger partial charge < -0.3 is 9.42 Å². The molecule has 3 aromatic heterocycles. The number of aromatic nitrogens is 4. The topological polar surface area (TPSA) is 85.0 Å². The molecule has 0 N–H and O–H groups in total. The Kier molecular flexibility index (Phi) is 4.66. The van der Waals surface area contributed by atoms with Gasteiger partial charge in [0.15, 0.2) is 5.69 Å².